The predicted octanol–water partition coefficient (Wildman–Crippen LogP) is 2.28. The Bertz CT molecular complexity index is 607. The van der Waals surface area contributed by atoms with E-state index in [2.05, 4.69) is 10.3 Å². The highest BCUT2D eigenvalue weighted by molar-refractivity contribution is 6.30. The van der Waals surface area contributed by atoms with E-state index in [4.69, 9.17) is 11.6 Å². The van der Waals surface area contributed by atoms with Crippen LogP contribution in [0.2, 0.25) is 5.02 Å². The summed E-state index contributed by atoms with van der Waals surface area (Å²) in [7, 11) is 0. The number of rotatable bonds is 2. The van der Waals surface area contributed by atoms with Gasteiger partial charge < -0.3 is 10.3 Å². The molecule has 86 valence electrons. The van der Waals surface area contributed by atoms with E-state index in [1.807, 2.05) is 0 Å². The van der Waals surface area contributed by atoms with Gasteiger partial charge in [0, 0.05) is 28.5 Å². The standard InChI is InChI=1S/C12H9ClN2O2/c13-9-2-1-3-10(7-9)15-12(17)8-4-5-14-11(16)6-8/h1-7H,(H,14,16)(H,15,17). The first kappa shape index (κ1) is 11.4. The summed E-state index contributed by atoms with van der Waals surface area (Å²) < 4.78 is 0. The Morgan fingerprint density at radius 2 is 2.06 bits per heavy atom. The maximum Gasteiger partial charge on any atom is 0.255 e. The molecule has 1 aromatic carbocycles. The molecule has 0 aliphatic rings. The highest BCUT2D eigenvalue weighted by Gasteiger charge is 2.06. The fraction of sp³-hybridized carbons (Fsp3) is 0. The van der Waals surface area contributed by atoms with Crippen molar-refractivity contribution in [2.45, 2.75) is 0 Å². The van der Waals surface area contributed by atoms with Crippen LogP contribution >= 0.6 is 11.6 Å². The third-order valence-corrected chi connectivity index (χ3v) is 2.35. The van der Waals surface area contributed by atoms with Crippen LogP contribution in [0.15, 0.2) is 47.4 Å². The number of aromatic amines is 1. The molecule has 2 aromatic rings. The number of carbonyl (C=O) groups excluding carboxylic acids is 1. The lowest BCUT2D eigenvalue weighted by molar-refractivity contribution is 0.102. The van der Waals surface area contributed by atoms with Crippen molar-refractivity contribution in [2.75, 3.05) is 5.32 Å². The van der Waals surface area contributed by atoms with Crippen molar-refractivity contribution >= 4 is 23.2 Å². The zero-order chi connectivity index (χ0) is 12.3. The summed E-state index contributed by atoms with van der Waals surface area (Å²) in [5.41, 5.74) is 0.570. The number of benzene rings is 1. The number of aromatic nitrogens is 1. The molecule has 0 saturated heterocycles. The molecule has 0 spiro atoms. The lowest BCUT2D eigenvalue weighted by atomic mass is 10.2. The van der Waals surface area contributed by atoms with Crippen molar-refractivity contribution < 1.29 is 4.79 Å². The van der Waals surface area contributed by atoms with Gasteiger partial charge in [-0.3, -0.25) is 9.59 Å². The molecule has 0 unspecified atom stereocenters. The van der Waals surface area contributed by atoms with Crippen LogP contribution in [0.4, 0.5) is 5.69 Å². The van der Waals surface area contributed by atoms with Gasteiger partial charge in [-0.15, -0.1) is 0 Å². The predicted molar refractivity (Wildman–Crippen MR) is 66.5 cm³/mol. The Hall–Kier alpha value is -2.07. The monoisotopic (exact) mass is 248 g/mol. The Balaban J connectivity index is 2.20. The first-order valence-corrected chi connectivity index (χ1v) is 5.28. The van der Waals surface area contributed by atoms with Crippen LogP contribution in [0, 0.1) is 0 Å². The van der Waals surface area contributed by atoms with Gasteiger partial charge in [-0.05, 0) is 24.3 Å². The molecule has 0 aliphatic carbocycles. The minimum atomic E-state index is -0.349. The molecule has 0 radical (unpaired) electrons. The SMILES string of the molecule is O=C(Nc1cccc(Cl)c1)c1cc[nH]c(=O)c1. The quantitative estimate of drug-likeness (QED) is 0.857. The Labute approximate surface area is 102 Å². The van der Waals surface area contributed by atoms with E-state index < -0.39 is 0 Å². The van der Waals surface area contributed by atoms with Gasteiger partial charge in [0.05, 0.1) is 0 Å². The molecule has 1 aromatic heterocycles. The Morgan fingerprint density at radius 1 is 1.24 bits per heavy atom. The van der Waals surface area contributed by atoms with Crippen molar-refractivity contribution in [1.29, 1.82) is 0 Å². The van der Waals surface area contributed by atoms with E-state index in [1.165, 1.54) is 18.3 Å². The first-order valence-electron chi connectivity index (χ1n) is 4.91. The van der Waals surface area contributed by atoms with Gasteiger partial charge in [-0.1, -0.05) is 17.7 Å². The minimum Gasteiger partial charge on any atom is -0.329 e. The van der Waals surface area contributed by atoms with Crippen LogP contribution in [0.3, 0.4) is 0 Å². The number of halogens is 1. The number of hydrogen-bond acceptors (Lipinski definition) is 2. The summed E-state index contributed by atoms with van der Waals surface area (Å²) >= 11 is 5.79. The van der Waals surface area contributed by atoms with Gasteiger partial charge >= 0.3 is 0 Å². The normalized spacial score (nSPS) is 9.94. The molecule has 1 heterocycles. The molecule has 0 fully saturated rings. The third kappa shape index (κ3) is 2.95. The second kappa shape index (κ2) is 4.84. The number of H-pyrrole nitrogens is 1. The van der Waals surface area contributed by atoms with E-state index in [0.29, 0.717) is 16.3 Å². The number of nitrogens with one attached hydrogen (secondary N) is 2. The van der Waals surface area contributed by atoms with Gasteiger partial charge in [-0.25, -0.2) is 0 Å². The summed E-state index contributed by atoms with van der Waals surface area (Å²) in [6, 6.07) is 9.56. The number of pyridine rings is 1. The molecular formula is C12H9ClN2O2. The van der Waals surface area contributed by atoms with Gasteiger partial charge in [0.15, 0.2) is 0 Å². The third-order valence-electron chi connectivity index (χ3n) is 2.12. The molecule has 0 atom stereocenters. The summed E-state index contributed by atoms with van der Waals surface area (Å²) in [5, 5.41) is 3.19. The second-order valence-corrected chi connectivity index (χ2v) is 3.84. The summed E-state index contributed by atoms with van der Waals surface area (Å²) in [5.74, 6) is -0.349. The van der Waals surface area contributed by atoms with Crippen LogP contribution < -0.4 is 10.9 Å². The van der Waals surface area contributed by atoms with Crippen molar-refractivity contribution in [3.63, 3.8) is 0 Å². The fourth-order valence-corrected chi connectivity index (χ4v) is 1.55. The van der Waals surface area contributed by atoms with Crippen molar-refractivity contribution in [2.24, 2.45) is 0 Å². The van der Waals surface area contributed by atoms with Gasteiger partial charge in [0.2, 0.25) is 5.56 Å². The highest BCUT2D eigenvalue weighted by Crippen LogP contribution is 2.15. The molecular weight excluding hydrogens is 240 g/mol. The van der Waals surface area contributed by atoms with E-state index in [9.17, 15) is 9.59 Å². The van der Waals surface area contributed by atoms with Gasteiger partial charge in [0.25, 0.3) is 5.91 Å². The second-order valence-electron chi connectivity index (χ2n) is 3.41. The van der Waals surface area contributed by atoms with Crippen LogP contribution in [0.1, 0.15) is 10.4 Å². The number of carbonyl (C=O) groups is 1. The van der Waals surface area contributed by atoms with E-state index in [-0.39, 0.29) is 11.5 Å². The van der Waals surface area contributed by atoms with Gasteiger partial charge in [0.1, 0.15) is 0 Å². The van der Waals surface area contributed by atoms with E-state index in [1.54, 1.807) is 24.3 Å². The first-order chi connectivity index (χ1) is 8.15. The molecule has 4 nitrogen and oxygen atoms in total. The summed E-state index contributed by atoms with van der Waals surface area (Å²) in [4.78, 5) is 25.3. The molecule has 0 saturated carbocycles. The molecule has 2 rings (SSSR count). The van der Waals surface area contributed by atoms with Crippen molar-refractivity contribution in [3.05, 3.63) is 63.5 Å². The lowest BCUT2D eigenvalue weighted by Gasteiger charge is -2.04. The van der Waals surface area contributed by atoms with Crippen molar-refractivity contribution in [3.8, 4) is 0 Å². The van der Waals surface area contributed by atoms with Crippen molar-refractivity contribution in [1.82, 2.24) is 4.98 Å². The fourth-order valence-electron chi connectivity index (χ4n) is 1.36. The zero-order valence-electron chi connectivity index (χ0n) is 8.74. The topological polar surface area (TPSA) is 62.0 Å². The minimum absolute atomic E-state index is 0.300. The Kier molecular flexibility index (Phi) is 3.25. The summed E-state index contributed by atoms with van der Waals surface area (Å²) in [6.45, 7) is 0. The zero-order valence-corrected chi connectivity index (χ0v) is 9.49. The van der Waals surface area contributed by atoms with E-state index >= 15 is 0 Å². The smallest absolute Gasteiger partial charge is 0.255 e. The van der Waals surface area contributed by atoms with Crippen LogP contribution in [0.25, 0.3) is 0 Å². The molecule has 0 aliphatic heterocycles. The number of hydrogen-bond donors (Lipinski definition) is 2. The van der Waals surface area contributed by atoms with Crippen LogP contribution in [0.5, 0.6) is 0 Å². The lowest BCUT2D eigenvalue weighted by Crippen LogP contribution is -2.15. The van der Waals surface area contributed by atoms with Crippen LogP contribution in [-0.4, -0.2) is 10.9 Å². The summed E-state index contributed by atoms with van der Waals surface area (Å²) in [6.07, 6.45) is 1.43. The maximum absolute atomic E-state index is 11.8. The average Bonchev–Trinajstić information content (AvgIpc) is 2.29. The van der Waals surface area contributed by atoms with Gasteiger partial charge in [-0.2, -0.15) is 0 Å². The average molecular weight is 249 g/mol. The highest BCUT2D eigenvalue weighted by atomic mass is 35.5. The largest absolute Gasteiger partial charge is 0.329 e. The number of anilines is 1. The van der Waals surface area contributed by atoms with Crippen LogP contribution in [-0.2, 0) is 0 Å². The molecule has 2 N–H and O–H groups in total. The molecule has 17 heavy (non-hydrogen) atoms. The molecule has 0 bridgehead atoms. The Morgan fingerprint density at radius 3 is 2.76 bits per heavy atom. The van der Waals surface area contributed by atoms with E-state index in [0.717, 1.165) is 0 Å². The molecule has 1 amide bonds. The molecule has 5 heteroatoms. The number of amides is 1. The maximum atomic E-state index is 11.8.